The van der Waals surface area contributed by atoms with Gasteiger partial charge >= 0.3 is 0 Å². The summed E-state index contributed by atoms with van der Waals surface area (Å²) in [5.41, 5.74) is 9.01. The maximum absolute atomic E-state index is 5.25. The van der Waals surface area contributed by atoms with Gasteiger partial charge in [0, 0.05) is 25.4 Å². The Balaban J connectivity index is 2.25. The van der Waals surface area contributed by atoms with Gasteiger partial charge in [0.2, 0.25) is 0 Å². The zero-order valence-electron chi connectivity index (χ0n) is 13.3. The molecule has 122 valence electrons. The molecule has 0 aliphatic heterocycles. The lowest BCUT2D eigenvalue weighted by molar-refractivity contribution is 0.145. The predicted molar refractivity (Wildman–Crippen MR) is 100 cm³/mol. The zero-order valence-corrected chi connectivity index (χ0v) is 14.9. The summed E-state index contributed by atoms with van der Waals surface area (Å²) in [6.07, 6.45) is 0.904. The van der Waals surface area contributed by atoms with E-state index >= 15 is 0 Å². The van der Waals surface area contributed by atoms with Crippen LogP contribution in [0.1, 0.15) is 24.5 Å². The summed E-state index contributed by atoms with van der Waals surface area (Å²) < 4.78 is 5.25. The summed E-state index contributed by atoms with van der Waals surface area (Å²) in [6, 6.07) is 6.17. The van der Waals surface area contributed by atoms with Gasteiger partial charge in [-0.15, -0.1) is 0 Å². The van der Waals surface area contributed by atoms with E-state index in [1.165, 1.54) is 5.56 Å². The van der Waals surface area contributed by atoms with Crippen LogP contribution in [0.5, 0.6) is 0 Å². The Hall–Kier alpha value is -1.44. The number of anilines is 1. The van der Waals surface area contributed by atoms with Crippen LogP contribution in [-0.4, -0.2) is 30.0 Å². The summed E-state index contributed by atoms with van der Waals surface area (Å²) in [5, 5.41) is 7.18. The van der Waals surface area contributed by atoms with Crippen molar-refractivity contribution in [1.29, 1.82) is 0 Å². The molecule has 5 nitrogen and oxygen atoms in total. The molecule has 0 amide bonds. The predicted octanol–water partition coefficient (Wildman–Crippen LogP) is 2.40. The molecule has 0 aromatic heterocycles. The summed E-state index contributed by atoms with van der Waals surface area (Å²) in [5.74, 6) is 0. The van der Waals surface area contributed by atoms with Gasteiger partial charge in [-0.3, -0.25) is 10.9 Å². The van der Waals surface area contributed by atoms with E-state index in [4.69, 9.17) is 29.2 Å². The van der Waals surface area contributed by atoms with Crippen molar-refractivity contribution in [2.75, 3.05) is 25.1 Å². The number of nitrogens with one attached hydrogen (secondary N) is 4. The number of benzene rings is 1. The number of aryl methyl sites for hydroxylation is 2. The third-order valence-electron chi connectivity index (χ3n) is 2.89. The minimum absolute atomic E-state index is 0.465. The fourth-order valence-corrected chi connectivity index (χ4v) is 2.02. The Morgan fingerprint density at radius 3 is 2.59 bits per heavy atom. The molecule has 0 unspecified atom stereocenters. The number of thiocarbonyl (C=S) groups is 2. The van der Waals surface area contributed by atoms with Crippen molar-refractivity contribution in [3.63, 3.8) is 0 Å². The van der Waals surface area contributed by atoms with Crippen LogP contribution in [0.4, 0.5) is 5.69 Å². The first kappa shape index (κ1) is 18.6. The molecule has 1 aromatic carbocycles. The molecule has 0 radical (unpaired) electrons. The van der Waals surface area contributed by atoms with Gasteiger partial charge in [-0.25, -0.2) is 0 Å². The fourth-order valence-electron chi connectivity index (χ4n) is 1.70. The van der Waals surface area contributed by atoms with E-state index in [9.17, 15) is 0 Å². The van der Waals surface area contributed by atoms with Crippen LogP contribution in [0.15, 0.2) is 18.2 Å². The van der Waals surface area contributed by atoms with Gasteiger partial charge in [-0.05, 0) is 68.8 Å². The molecule has 4 N–H and O–H groups in total. The van der Waals surface area contributed by atoms with Gasteiger partial charge in [-0.1, -0.05) is 12.1 Å². The molecule has 22 heavy (non-hydrogen) atoms. The molecule has 7 heteroatoms. The Kier molecular flexibility index (Phi) is 8.72. The van der Waals surface area contributed by atoms with Crippen LogP contribution in [0.3, 0.4) is 0 Å². The Bertz CT molecular complexity index is 508. The highest BCUT2D eigenvalue weighted by molar-refractivity contribution is 7.80. The van der Waals surface area contributed by atoms with Gasteiger partial charge in [0.15, 0.2) is 10.2 Å². The molecule has 1 aromatic rings. The number of rotatable bonds is 6. The molecule has 0 aliphatic rings. The number of hydrogen-bond acceptors (Lipinski definition) is 3. The van der Waals surface area contributed by atoms with Crippen LogP contribution in [0, 0.1) is 13.8 Å². The maximum atomic E-state index is 5.25. The minimum atomic E-state index is 0.465. The molecule has 0 spiro atoms. The zero-order chi connectivity index (χ0) is 16.4. The molecular formula is C15H24N4OS2. The first-order valence-electron chi connectivity index (χ1n) is 7.28. The van der Waals surface area contributed by atoms with Crippen LogP contribution >= 0.6 is 24.4 Å². The Morgan fingerprint density at radius 2 is 1.86 bits per heavy atom. The van der Waals surface area contributed by atoms with Gasteiger partial charge < -0.3 is 15.4 Å². The summed E-state index contributed by atoms with van der Waals surface area (Å²) in [4.78, 5) is 0. The molecule has 0 saturated heterocycles. The summed E-state index contributed by atoms with van der Waals surface area (Å²) in [7, 11) is 0. The van der Waals surface area contributed by atoms with Crippen LogP contribution in [0.25, 0.3) is 0 Å². The Labute approximate surface area is 143 Å². The monoisotopic (exact) mass is 340 g/mol. The van der Waals surface area contributed by atoms with Crippen molar-refractivity contribution in [2.24, 2.45) is 0 Å². The topological polar surface area (TPSA) is 57.4 Å². The molecule has 0 atom stereocenters. The van der Waals surface area contributed by atoms with Gasteiger partial charge in [0.25, 0.3) is 0 Å². The largest absolute Gasteiger partial charge is 0.382 e. The highest BCUT2D eigenvalue weighted by atomic mass is 32.1. The molecular weight excluding hydrogens is 316 g/mol. The van der Waals surface area contributed by atoms with E-state index in [-0.39, 0.29) is 0 Å². The first-order chi connectivity index (χ1) is 10.5. The van der Waals surface area contributed by atoms with Crippen LogP contribution < -0.4 is 21.5 Å². The quantitative estimate of drug-likeness (QED) is 0.360. The molecule has 0 heterocycles. The third-order valence-corrected chi connectivity index (χ3v) is 3.34. The number of ether oxygens (including phenoxy) is 1. The highest BCUT2D eigenvalue weighted by Gasteiger charge is 2.02. The van der Waals surface area contributed by atoms with Crippen molar-refractivity contribution in [1.82, 2.24) is 16.2 Å². The van der Waals surface area contributed by atoms with Crippen molar-refractivity contribution in [3.8, 4) is 0 Å². The minimum Gasteiger partial charge on any atom is -0.382 e. The normalized spacial score (nSPS) is 9.95. The average molecular weight is 341 g/mol. The van der Waals surface area contributed by atoms with Crippen LogP contribution in [0.2, 0.25) is 0 Å². The Morgan fingerprint density at radius 1 is 1.14 bits per heavy atom. The molecule has 1 rings (SSSR count). The second kappa shape index (κ2) is 10.3. The number of hydrazine groups is 1. The van der Waals surface area contributed by atoms with Crippen molar-refractivity contribution >= 4 is 40.3 Å². The van der Waals surface area contributed by atoms with E-state index in [1.807, 2.05) is 26.8 Å². The summed E-state index contributed by atoms with van der Waals surface area (Å²) >= 11 is 10.4. The van der Waals surface area contributed by atoms with Gasteiger partial charge in [0.1, 0.15) is 0 Å². The van der Waals surface area contributed by atoms with E-state index in [0.717, 1.165) is 37.4 Å². The summed E-state index contributed by atoms with van der Waals surface area (Å²) in [6.45, 7) is 8.27. The van der Waals surface area contributed by atoms with E-state index < -0.39 is 0 Å². The first-order valence-corrected chi connectivity index (χ1v) is 8.10. The van der Waals surface area contributed by atoms with Crippen molar-refractivity contribution < 1.29 is 4.74 Å². The maximum Gasteiger partial charge on any atom is 0.189 e. The van der Waals surface area contributed by atoms with E-state index in [1.54, 1.807) is 0 Å². The lowest BCUT2D eigenvalue weighted by Crippen LogP contribution is -2.48. The van der Waals surface area contributed by atoms with Gasteiger partial charge in [0.05, 0.1) is 0 Å². The second-order valence-corrected chi connectivity index (χ2v) is 5.65. The molecule has 0 aliphatic carbocycles. The lowest BCUT2D eigenvalue weighted by atomic mass is 10.1. The number of hydrogen-bond donors (Lipinski definition) is 4. The second-order valence-electron chi connectivity index (χ2n) is 4.83. The molecule has 0 bridgehead atoms. The van der Waals surface area contributed by atoms with E-state index in [0.29, 0.717) is 10.2 Å². The van der Waals surface area contributed by atoms with Crippen molar-refractivity contribution in [3.05, 3.63) is 29.3 Å². The fraction of sp³-hybridized carbons (Fsp3) is 0.467. The highest BCUT2D eigenvalue weighted by Crippen LogP contribution is 2.15. The SMILES string of the molecule is CCOCCCNC(=S)NNC(=S)Nc1cc(C)ccc1C. The smallest absolute Gasteiger partial charge is 0.189 e. The standard InChI is InChI=1S/C15H24N4OS2/c1-4-20-9-5-8-16-14(21)18-19-15(22)17-13-10-11(2)6-7-12(13)3/h6-7,10H,4-5,8-9H2,1-3H3,(H2,16,18,21)(H2,17,19,22). The van der Waals surface area contributed by atoms with Crippen molar-refractivity contribution in [2.45, 2.75) is 27.2 Å². The van der Waals surface area contributed by atoms with E-state index in [2.05, 4.69) is 33.6 Å². The van der Waals surface area contributed by atoms with Crippen LogP contribution in [-0.2, 0) is 4.74 Å². The molecule has 0 fully saturated rings. The third kappa shape index (κ3) is 7.53. The lowest BCUT2D eigenvalue weighted by Gasteiger charge is -2.15. The van der Waals surface area contributed by atoms with Gasteiger partial charge in [-0.2, -0.15) is 0 Å². The average Bonchev–Trinajstić information content (AvgIpc) is 2.49. The molecule has 0 saturated carbocycles.